The summed E-state index contributed by atoms with van der Waals surface area (Å²) in [5.41, 5.74) is 0.528. The van der Waals surface area contributed by atoms with Crippen LogP contribution in [-0.2, 0) is 21.2 Å². The molecule has 0 heterocycles. The molecule has 4 nitrogen and oxygen atoms in total. The Morgan fingerprint density at radius 1 is 0.730 bits per heavy atom. The van der Waals surface area contributed by atoms with Crippen LogP contribution in [0.3, 0.4) is 0 Å². The standard InChI is InChI=1S/C30H26F3NO3/c1-36-28(35)26(21-37-27-20-12-11-19-25(27)30(31,32)33)34-29(22-13-5-2-6-14-22,23-15-7-3-8-16-23)24-17-9-4-10-18-24/h2-20,26,34H,21H2,1H3/t26-/m1/s1. The topological polar surface area (TPSA) is 47.6 Å². The first-order valence-electron chi connectivity index (χ1n) is 11.7. The first-order valence-corrected chi connectivity index (χ1v) is 11.7. The summed E-state index contributed by atoms with van der Waals surface area (Å²) >= 11 is 0. The van der Waals surface area contributed by atoms with Crippen LogP contribution in [0.25, 0.3) is 0 Å². The van der Waals surface area contributed by atoms with Crippen molar-refractivity contribution in [3.63, 3.8) is 0 Å². The van der Waals surface area contributed by atoms with Crippen molar-refractivity contribution in [3.05, 3.63) is 138 Å². The molecule has 0 saturated heterocycles. The molecule has 0 unspecified atom stereocenters. The molecule has 1 atom stereocenters. The van der Waals surface area contributed by atoms with E-state index >= 15 is 0 Å². The highest BCUT2D eigenvalue weighted by atomic mass is 19.4. The van der Waals surface area contributed by atoms with Gasteiger partial charge in [0.25, 0.3) is 0 Å². The zero-order valence-electron chi connectivity index (χ0n) is 20.1. The molecule has 0 saturated carbocycles. The van der Waals surface area contributed by atoms with Gasteiger partial charge in [0.15, 0.2) is 0 Å². The van der Waals surface area contributed by atoms with Gasteiger partial charge in [-0.1, -0.05) is 103 Å². The van der Waals surface area contributed by atoms with Crippen molar-refractivity contribution in [2.24, 2.45) is 0 Å². The molecule has 0 aliphatic rings. The van der Waals surface area contributed by atoms with E-state index in [0.29, 0.717) is 0 Å². The third-order valence-electron chi connectivity index (χ3n) is 6.09. The summed E-state index contributed by atoms with van der Waals surface area (Å²) in [6.07, 6.45) is -4.60. The van der Waals surface area contributed by atoms with E-state index in [0.717, 1.165) is 22.8 Å². The summed E-state index contributed by atoms with van der Waals surface area (Å²) < 4.78 is 51.3. The third-order valence-corrected chi connectivity index (χ3v) is 6.09. The molecule has 0 fully saturated rings. The number of carbonyl (C=O) groups excluding carboxylic acids is 1. The zero-order chi connectivity index (χ0) is 26.3. The van der Waals surface area contributed by atoms with Crippen LogP contribution in [0.1, 0.15) is 22.3 Å². The fourth-order valence-corrected chi connectivity index (χ4v) is 4.39. The lowest BCUT2D eigenvalue weighted by Crippen LogP contribution is -2.55. The first kappa shape index (κ1) is 26.0. The summed E-state index contributed by atoms with van der Waals surface area (Å²) in [4.78, 5) is 13.0. The lowest BCUT2D eigenvalue weighted by molar-refractivity contribution is -0.144. The highest BCUT2D eigenvalue weighted by Gasteiger charge is 2.41. The predicted molar refractivity (Wildman–Crippen MR) is 135 cm³/mol. The van der Waals surface area contributed by atoms with Crippen LogP contribution >= 0.6 is 0 Å². The van der Waals surface area contributed by atoms with E-state index in [2.05, 4.69) is 5.32 Å². The van der Waals surface area contributed by atoms with Gasteiger partial charge < -0.3 is 9.47 Å². The molecule has 1 N–H and O–H groups in total. The molecule has 37 heavy (non-hydrogen) atoms. The minimum Gasteiger partial charge on any atom is -0.491 e. The average molecular weight is 506 g/mol. The number of ether oxygens (including phenoxy) is 2. The van der Waals surface area contributed by atoms with Crippen molar-refractivity contribution in [1.29, 1.82) is 0 Å². The van der Waals surface area contributed by atoms with Crippen molar-refractivity contribution in [2.75, 3.05) is 13.7 Å². The fourth-order valence-electron chi connectivity index (χ4n) is 4.39. The van der Waals surface area contributed by atoms with E-state index in [1.807, 2.05) is 91.0 Å². The van der Waals surface area contributed by atoms with Crippen molar-refractivity contribution >= 4 is 5.97 Å². The van der Waals surface area contributed by atoms with Crippen LogP contribution < -0.4 is 10.1 Å². The van der Waals surface area contributed by atoms with Gasteiger partial charge in [0.2, 0.25) is 0 Å². The Kier molecular flexibility index (Phi) is 7.94. The minimum atomic E-state index is -4.60. The molecule has 190 valence electrons. The van der Waals surface area contributed by atoms with Crippen molar-refractivity contribution < 1.29 is 27.4 Å². The maximum atomic E-state index is 13.5. The van der Waals surface area contributed by atoms with Gasteiger partial charge in [-0.2, -0.15) is 13.2 Å². The number of nitrogens with one attached hydrogen (secondary N) is 1. The maximum absolute atomic E-state index is 13.5. The second kappa shape index (κ2) is 11.3. The molecule has 0 amide bonds. The van der Waals surface area contributed by atoms with Gasteiger partial charge in [-0.05, 0) is 28.8 Å². The van der Waals surface area contributed by atoms with Crippen molar-refractivity contribution in [1.82, 2.24) is 5.32 Å². The van der Waals surface area contributed by atoms with E-state index in [4.69, 9.17) is 9.47 Å². The lowest BCUT2D eigenvalue weighted by atomic mass is 9.76. The summed E-state index contributed by atoms with van der Waals surface area (Å²) in [5.74, 6) is -1.04. The highest BCUT2D eigenvalue weighted by Crippen LogP contribution is 2.38. The Hall–Kier alpha value is -4.10. The van der Waals surface area contributed by atoms with Crippen molar-refractivity contribution in [2.45, 2.75) is 17.8 Å². The molecular weight excluding hydrogens is 479 g/mol. The van der Waals surface area contributed by atoms with Gasteiger partial charge in [-0.15, -0.1) is 0 Å². The smallest absolute Gasteiger partial charge is 0.419 e. The lowest BCUT2D eigenvalue weighted by Gasteiger charge is -2.39. The second-order valence-electron chi connectivity index (χ2n) is 8.37. The number of para-hydroxylation sites is 1. The molecular formula is C30H26F3NO3. The number of carbonyl (C=O) groups is 1. The van der Waals surface area contributed by atoms with Crippen LogP contribution in [-0.4, -0.2) is 25.7 Å². The molecule has 0 aromatic heterocycles. The summed E-state index contributed by atoms with van der Waals surface area (Å²) in [5, 5.41) is 3.41. The largest absolute Gasteiger partial charge is 0.491 e. The number of hydrogen-bond donors (Lipinski definition) is 1. The van der Waals surface area contributed by atoms with Gasteiger partial charge in [0.1, 0.15) is 18.4 Å². The van der Waals surface area contributed by atoms with Gasteiger partial charge in [0.05, 0.1) is 18.2 Å². The van der Waals surface area contributed by atoms with Gasteiger partial charge in [0, 0.05) is 0 Å². The number of esters is 1. The predicted octanol–water partition coefficient (Wildman–Crippen LogP) is 6.21. The molecule has 4 aromatic carbocycles. The molecule has 7 heteroatoms. The summed E-state index contributed by atoms with van der Waals surface area (Å²) in [6, 6.07) is 32.4. The monoisotopic (exact) mass is 505 g/mol. The Labute approximate surface area is 213 Å². The number of alkyl halides is 3. The summed E-state index contributed by atoms with van der Waals surface area (Å²) in [7, 11) is 1.23. The van der Waals surface area contributed by atoms with Crippen LogP contribution in [0.4, 0.5) is 13.2 Å². The van der Waals surface area contributed by atoms with E-state index in [1.54, 1.807) is 0 Å². The molecule has 0 bridgehead atoms. The third kappa shape index (κ3) is 5.67. The number of halogens is 3. The Bertz CT molecular complexity index is 1200. The van der Waals surface area contributed by atoms with E-state index in [1.165, 1.54) is 25.3 Å². The van der Waals surface area contributed by atoms with E-state index < -0.39 is 35.9 Å². The molecule has 0 aliphatic carbocycles. The van der Waals surface area contributed by atoms with E-state index in [-0.39, 0.29) is 5.75 Å². The SMILES string of the molecule is COC(=O)[C@@H](COc1ccccc1C(F)(F)F)NC(c1ccccc1)(c1ccccc1)c1ccccc1. The highest BCUT2D eigenvalue weighted by molar-refractivity contribution is 5.76. The first-order chi connectivity index (χ1) is 17.9. The van der Waals surface area contributed by atoms with Gasteiger partial charge in [-0.25, -0.2) is 0 Å². The Balaban J connectivity index is 1.81. The molecule has 0 spiro atoms. The molecule has 0 radical (unpaired) electrons. The number of rotatable bonds is 9. The van der Waals surface area contributed by atoms with Crippen LogP contribution in [0.2, 0.25) is 0 Å². The van der Waals surface area contributed by atoms with Crippen LogP contribution in [0.5, 0.6) is 5.75 Å². The normalized spacial score (nSPS) is 12.5. The second-order valence-corrected chi connectivity index (χ2v) is 8.37. The Morgan fingerprint density at radius 3 is 1.59 bits per heavy atom. The van der Waals surface area contributed by atoms with Gasteiger partial charge in [-0.3, -0.25) is 10.1 Å². The van der Waals surface area contributed by atoms with Gasteiger partial charge >= 0.3 is 12.1 Å². The zero-order valence-corrected chi connectivity index (χ0v) is 20.1. The van der Waals surface area contributed by atoms with Crippen molar-refractivity contribution in [3.8, 4) is 5.75 Å². The minimum absolute atomic E-state index is 0.365. The maximum Gasteiger partial charge on any atom is 0.419 e. The van der Waals surface area contributed by atoms with E-state index in [9.17, 15) is 18.0 Å². The quantitative estimate of drug-likeness (QED) is 0.217. The number of benzene rings is 4. The molecule has 0 aliphatic heterocycles. The molecule has 4 aromatic rings. The molecule has 4 rings (SSSR count). The summed E-state index contributed by atoms with van der Waals surface area (Å²) in [6.45, 7) is -0.395. The average Bonchev–Trinajstić information content (AvgIpc) is 2.94. The number of methoxy groups -OCH3 is 1. The Morgan fingerprint density at radius 2 is 1.16 bits per heavy atom. The number of hydrogen-bond acceptors (Lipinski definition) is 4. The van der Waals surface area contributed by atoms with Crippen LogP contribution in [0.15, 0.2) is 115 Å². The fraction of sp³-hybridized carbons (Fsp3) is 0.167. The van der Waals surface area contributed by atoms with Crippen LogP contribution in [0, 0.1) is 0 Å².